The first kappa shape index (κ1) is 20.6. The van der Waals surface area contributed by atoms with Crippen LogP contribution in [0.2, 0.25) is 0 Å². The zero-order valence-corrected chi connectivity index (χ0v) is 15.4. The van der Waals surface area contributed by atoms with E-state index in [0.717, 1.165) is 0 Å². The second-order valence-corrected chi connectivity index (χ2v) is 6.19. The number of nitro benzene ring substituents is 1. The molecule has 146 valence electrons. The molecule has 1 unspecified atom stereocenters. The zero-order chi connectivity index (χ0) is 20.8. The van der Waals surface area contributed by atoms with Crippen LogP contribution in [-0.2, 0) is 14.3 Å². The van der Waals surface area contributed by atoms with E-state index < -0.39 is 22.8 Å². The number of carbonyl (C=O) groups is 2. The third-order valence-electron chi connectivity index (χ3n) is 4.29. The van der Waals surface area contributed by atoms with E-state index in [9.17, 15) is 24.8 Å². The van der Waals surface area contributed by atoms with Crippen molar-refractivity contribution < 1.29 is 24.4 Å². The van der Waals surface area contributed by atoms with Crippen molar-refractivity contribution in [3.8, 4) is 6.07 Å². The Morgan fingerprint density at radius 1 is 1.32 bits per heavy atom. The Labute approximate surface area is 161 Å². The van der Waals surface area contributed by atoms with Crippen LogP contribution in [0.5, 0.6) is 0 Å². The van der Waals surface area contributed by atoms with Crippen LogP contribution >= 0.6 is 0 Å². The topological polar surface area (TPSA) is 143 Å². The van der Waals surface area contributed by atoms with Crippen LogP contribution in [-0.4, -0.2) is 28.6 Å². The molecule has 2 N–H and O–H groups in total. The van der Waals surface area contributed by atoms with Crippen molar-refractivity contribution in [2.24, 2.45) is 0 Å². The molecule has 0 amide bonds. The van der Waals surface area contributed by atoms with Gasteiger partial charge in [0.2, 0.25) is 0 Å². The third-order valence-corrected chi connectivity index (χ3v) is 4.29. The smallest absolute Gasteiger partial charge is 0.336 e. The number of nitrogens with one attached hydrogen (secondary N) is 1. The third kappa shape index (κ3) is 4.35. The fourth-order valence-electron chi connectivity index (χ4n) is 3.09. The van der Waals surface area contributed by atoms with Crippen LogP contribution in [0.25, 0.3) is 0 Å². The number of esters is 1. The molecule has 1 aliphatic heterocycles. The Morgan fingerprint density at radius 3 is 2.61 bits per heavy atom. The zero-order valence-electron chi connectivity index (χ0n) is 15.4. The number of hydrogen-bond acceptors (Lipinski definition) is 7. The maximum atomic E-state index is 12.7. The highest BCUT2D eigenvalue weighted by molar-refractivity contribution is 5.99. The fourth-order valence-corrected chi connectivity index (χ4v) is 3.09. The summed E-state index contributed by atoms with van der Waals surface area (Å²) < 4.78 is 5.21. The van der Waals surface area contributed by atoms with E-state index in [1.54, 1.807) is 13.8 Å². The summed E-state index contributed by atoms with van der Waals surface area (Å²) in [6, 6.07) is 7.46. The maximum Gasteiger partial charge on any atom is 0.336 e. The highest BCUT2D eigenvalue weighted by Gasteiger charge is 2.37. The molecular weight excluding hydrogens is 366 g/mol. The molecular formula is C19H19N3O6. The second-order valence-electron chi connectivity index (χ2n) is 6.19. The number of unbranched alkanes of at least 4 members (excludes halogenated alkanes) is 1. The van der Waals surface area contributed by atoms with Gasteiger partial charge in [-0.1, -0.05) is 12.1 Å². The van der Waals surface area contributed by atoms with Crippen molar-refractivity contribution in [3.05, 3.63) is 62.5 Å². The lowest BCUT2D eigenvalue weighted by Crippen LogP contribution is -2.32. The van der Waals surface area contributed by atoms with Crippen LogP contribution in [0.3, 0.4) is 0 Å². The first-order valence-corrected chi connectivity index (χ1v) is 8.48. The van der Waals surface area contributed by atoms with E-state index in [-0.39, 0.29) is 29.9 Å². The van der Waals surface area contributed by atoms with Gasteiger partial charge in [0.25, 0.3) is 5.69 Å². The molecule has 1 aromatic rings. The summed E-state index contributed by atoms with van der Waals surface area (Å²) in [4.78, 5) is 35.1. The number of nitrogens with zero attached hydrogens (tertiary/aromatic N) is 2. The lowest BCUT2D eigenvalue weighted by Gasteiger charge is -2.29. The number of carboxylic acids is 1. The number of nitriles is 1. The van der Waals surface area contributed by atoms with Gasteiger partial charge in [-0.2, -0.15) is 5.26 Å². The summed E-state index contributed by atoms with van der Waals surface area (Å²) in [7, 11) is 0. The number of carboxylic acid groups (broad SMARTS) is 1. The molecule has 0 spiro atoms. The van der Waals surface area contributed by atoms with Gasteiger partial charge in [0.15, 0.2) is 0 Å². The molecule has 28 heavy (non-hydrogen) atoms. The number of allylic oxidation sites excluding steroid dienone is 2. The first-order chi connectivity index (χ1) is 13.3. The van der Waals surface area contributed by atoms with Gasteiger partial charge in [-0.3, -0.25) is 10.1 Å². The number of aliphatic carboxylic acids is 1. The fraction of sp³-hybridized carbons (Fsp3) is 0.316. The van der Waals surface area contributed by atoms with E-state index in [0.29, 0.717) is 23.4 Å². The molecule has 1 atom stereocenters. The number of ether oxygens (including phenoxy) is 1. The number of dihydropyridines is 1. The number of carbonyl (C=O) groups excluding carboxylic acids is 1. The van der Waals surface area contributed by atoms with Gasteiger partial charge in [-0.15, -0.1) is 0 Å². The van der Waals surface area contributed by atoms with Crippen LogP contribution in [0, 0.1) is 21.4 Å². The van der Waals surface area contributed by atoms with Crippen LogP contribution in [0.1, 0.15) is 38.2 Å². The molecule has 1 aromatic carbocycles. The van der Waals surface area contributed by atoms with Gasteiger partial charge in [-0.25, -0.2) is 9.59 Å². The molecule has 2 rings (SSSR count). The number of benzene rings is 1. The van der Waals surface area contributed by atoms with Gasteiger partial charge in [-0.05, 0) is 25.8 Å². The van der Waals surface area contributed by atoms with E-state index in [4.69, 9.17) is 10.00 Å². The molecule has 1 heterocycles. The highest BCUT2D eigenvalue weighted by atomic mass is 16.6. The molecule has 0 aliphatic carbocycles. The summed E-state index contributed by atoms with van der Waals surface area (Å²) in [5.74, 6) is -3.00. The number of rotatable bonds is 7. The van der Waals surface area contributed by atoms with Gasteiger partial charge in [0.05, 0.1) is 34.7 Å². The predicted molar refractivity (Wildman–Crippen MR) is 97.8 cm³/mol. The molecule has 0 fully saturated rings. The maximum absolute atomic E-state index is 12.7. The standard InChI is InChI=1S/C19H19N3O6/c1-11-15(18(23)24)17(13-6-5-7-14(10-13)22(26)27)16(12(2)21-11)19(25)28-9-4-3-8-20/h5-7,10,17,21H,3-4,9H2,1-2H3,(H,23,24). The Balaban J connectivity index is 2.52. The van der Waals surface area contributed by atoms with Gasteiger partial charge < -0.3 is 15.2 Å². The summed E-state index contributed by atoms with van der Waals surface area (Å²) in [5, 5.41) is 32.3. The average molecular weight is 385 g/mol. The van der Waals surface area contributed by atoms with Gasteiger partial charge >= 0.3 is 11.9 Å². The molecule has 0 bridgehead atoms. The molecule has 0 saturated heterocycles. The molecule has 9 heteroatoms. The minimum absolute atomic E-state index is 0.00985. The van der Waals surface area contributed by atoms with Crippen LogP contribution in [0.15, 0.2) is 46.8 Å². The van der Waals surface area contributed by atoms with E-state index in [1.807, 2.05) is 6.07 Å². The second kappa shape index (κ2) is 8.81. The average Bonchev–Trinajstić information content (AvgIpc) is 2.64. The normalized spacial score (nSPS) is 16.2. The van der Waals surface area contributed by atoms with Crippen molar-refractivity contribution in [3.63, 3.8) is 0 Å². The quantitative estimate of drug-likeness (QED) is 0.316. The molecule has 0 saturated carbocycles. The summed E-state index contributed by atoms with van der Waals surface area (Å²) >= 11 is 0. The van der Waals surface area contributed by atoms with Crippen molar-refractivity contribution in [2.75, 3.05) is 6.61 Å². The number of nitro groups is 1. The SMILES string of the molecule is CC1=C(C(=O)O)C(c2cccc([N+](=O)[O-])c2)C(C(=O)OCCCC#N)=C(C)N1. The van der Waals surface area contributed by atoms with E-state index in [1.165, 1.54) is 24.3 Å². The number of non-ortho nitro benzene ring substituents is 1. The Morgan fingerprint density at radius 2 is 2.00 bits per heavy atom. The molecule has 0 aromatic heterocycles. The predicted octanol–water partition coefficient (Wildman–Crippen LogP) is 2.76. The van der Waals surface area contributed by atoms with Gasteiger partial charge in [0.1, 0.15) is 0 Å². The first-order valence-electron chi connectivity index (χ1n) is 8.48. The summed E-state index contributed by atoms with van der Waals surface area (Å²) in [6.45, 7) is 3.18. The summed E-state index contributed by atoms with van der Waals surface area (Å²) in [6.07, 6.45) is 0.571. The van der Waals surface area contributed by atoms with Gasteiger partial charge in [0, 0.05) is 29.9 Å². The highest BCUT2D eigenvalue weighted by Crippen LogP contribution is 2.39. The Bertz CT molecular complexity index is 926. The minimum Gasteiger partial charge on any atom is -0.478 e. The molecule has 1 aliphatic rings. The lowest BCUT2D eigenvalue weighted by molar-refractivity contribution is -0.384. The largest absolute Gasteiger partial charge is 0.478 e. The monoisotopic (exact) mass is 385 g/mol. The van der Waals surface area contributed by atoms with E-state index >= 15 is 0 Å². The molecule has 9 nitrogen and oxygen atoms in total. The van der Waals surface area contributed by atoms with Crippen LogP contribution in [0.4, 0.5) is 5.69 Å². The van der Waals surface area contributed by atoms with Crippen molar-refractivity contribution in [1.29, 1.82) is 5.26 Å². The van der Waals surface area contributed by atoms with Crippen LogP contribution < -0.4 is 5.32 Å². The summed E-state index contributed by atoms with van der Waals surface area (Å²) in [5.41, 5.74) is 0.816. The van der Waals surface area contributed by atoms with Crippen molar-refractivity contribution in [2.45, 2.75) is 32.6 Å². The Hall–Kier alpha value is -3.67. The number of hydrogen-bond donors (Lipinski definition) is 2. The minimum atomic E-state index is -1.25. The molecule has 0 radical (unpaired) electrons. The van der Waals surface area contributed by atoms with E-state index in [2.05, 4.69) is 5.32 Å². The van der Waals surface area contributed by atoms with Crippen molar-refractivity contribution in [1.82, 2.24) is 5.32 Å². The lowest BCUT2D eigenvalue weighted by atomic mass is 9.80. The Kier molecular flexibility index (Phi) is 6.50. The van der Waals surface area contributed by atoms with Crippen molar-refractivity contribution >= 4 is 17.6 Å².